The maximum atomic E-state index is 10.4. The van der Waals surface area contributed by atoms with Gasteiger partial charge in [-0.1, -0.05) is 6.07 Å². The number of benzene rings is 2. The highest BCUT2D eigenvalue weighted by atomic mass is 35.5. The number of aromatic carboxylic acids is 4. The minimum absolute atomic E-state index is 0. The maximum Gasteiger partial charge on any atom is 0.335 e. The summed E-state index contributed by atoms with van der Waals surface area (Å²) in [5, 5.41) is 33.9. The molecule has 0 aliphatic heterocycles. The summed E-state index contributed by atoms with van der Waals surface area (Å²) in [4.78, 5) is 41.4. The van der Waals surface area contributed by atoms with Gasteiger partial charge in [0.25, 0.3) is 0 Å². The number of carboxylic acid groups (broad SMARTS) is 4. The van der Waals surface area contributed by atoms with Crippen LogP contribution in [-0.4, -0.2) is 44.3 Å². The lowest BCUT2D eigenvalue weighted by molar-refractivity contribution is 0.0681. The highest BCUT2D eigenvalue weighted by Crippen LogP contribution is 2.05. The van der Waals surface area contributed by atoms with Gasteiger partial charge in [-0.2, -0.15) is 0 Å². The lowest BCUT2D eigenvalue weighted by Crippen LogP contribution is -2.01. The van der Waals surface area contributed by atoms with E-state index < -0.39 is 23.9 Å². The second kappa shape index (κ2) is 11.5. The first kappa shape index (κ1) is 25.1. The number of rotatable bonds is 4. The average Bonchev–Trinajstić information content (AvgIpc) is 2.55. The van der Waals surface area contributed by atoms with Crippen LogP contribution in [0.2, 0.25) is 0 Å². The van der Waals surface area contributed by atoms with E-state index in [1.54, 1.807) is 0 Å². The van der Waals surface area contributed by atoms with Crippen molar-refractivity contribution in [2.75, 3.05) is 0 Å². The predicted molar refractivity (Wildman–Crippen MR) is 95.2 cm³/mol. The van der Waals surface area contributed by atoms with Gasteiger partial charge in [-0.15, -0.1) is 24.8 Å². The summed E-state index contributed by atoms with van der Waals surface area (Å²) in [6.45, 7) is 0. The van der Waals surface area contributed by atoms with Gasteiger partial charge in [-0.05, 0) is 42.5 Å². The molecule has 0 saturated heterocycles. The number of carboxylic acids is 4. The monoisotopic (exact) mass is 404 g/mol. The van der Waals surface area contributed by atoms with E-state index in [2.05, 4.69) is 0 Å². The second-order valence-corrected chi connectivity index (χ2v) is 4.38. The molecular weight excluding hydrogens is 391 g/mol. The Labute approximate surface area is 159 Å². The van der Waals surface area contributed by atoms with Gasteiger partial charge >= 0.3 is 23.9 Å². The van der Waals surface area contributed by atoms with Crippen LogP contribution in [0, 0.1) is 0 Å². The van der Waals surface area contributed by atoms with Crippen molar-refractivity contribution >= 4 is 48.7 Å². The number of hydrogen-bond donors (Lipinski definition) is 4. The fourth-order valence-electron chi connectivity index (χ4n) is 1.54. The molecule has 0 unspecified atom stereocenters. The van der Waals surface area contributed by atoms with Crippen molar-refractivity contribution in [2.45, 2.75) is 0 Å². The van der Waals surface area contributed by atoms with Crippen molar-refractivity contribution in [3.8, 4) is 0 Å². The largest absolute Gasteiger partial charge is 0.478 e. The summed E-state index contributed by atoms with van der Waals surface area (Å²) in [7, 11) is 0. The molecule has 26 heavy (non-hydrogen) atoms. The molecule has 0 radical (unpaired) electrons. The minimum Gasteiger partial charge on any atom is -0.478 e. The van der Waals surface area contributed by atoms with E-state index in [0.29, 0.717) is 0 Å². The summed E-state index contributed by atoms with van der Waals surface area (Å²) < 4.78 is 0. The molecular formula is C16H14Cl2O8. The molecule has 0 aromatic heterocycles. The third kappa shape index (κ3) is 7.65. The molecule has 4 N–H and O–H groups in total. The zero-order valence-electron chi connectivity index (χ0n) is 12.9. The summed E-state index contributed by atoms with van der Waals surface area (Å²) in [6.07, 6.45) is 0. The standard InChI is InChI=1S/2C8H6O4.2ClH/c9-7(10)5-1-2-6(4-3-5)8(11)12;9-7(10)5-2-1-3-6(4-5)8(11)12;;/h2*1-4H,(H,9,10)(H,11,12);2*1H. The van der Waals surface area contributed by atoms with Gasteiger partial charge in [0.05, 0.1) is 22.3 Å². The topological polar surface area (TPSA) is 149 Å². The zero-order chi connectivity index (χ0) is 18.3. The van der Waals surface area contributed by atoms with Crippen LogP contribution in [-0.2, 0) is 0 Å². The van der Waals surface area contributed by atoms with Gasteiger partial charge in [-0.25, -0.2) is 19.2 Å². The predicted octanol–water partition coefficient (Wildman–Crippen LogP) is 3.01. The van der Waals surface area contributed by atoms with Crippen LogP contribution in [0.15, 0.2) is 48.5 Å². The molecule has 2 aromatic carbocycles. The van der Waals surface area contributed by atoms with Gasteiger partial charge in [0.15, 0.2) is 0 Å². The summed E-state index contributed by atoms with van der Waals surface area (Å²) >= 11 is 0. The van der Waals surface area contributed by atoms with E-state index in [1.807, 2.05) is 0 Å². The Morgan fingerprint density at radius 1 is 0.500 bits per heavy atom. The van der Waals surface area contributed by atoms with E-state index in [9.17, 15) is 19.2 Å². The summed E-state index contributed by atoms with van der Waals surface area (Å²) in [5.41, 5.74) is 0.129. The van der Waals surface area contributed by atoms with E-state index in [1.165, 1.54) is 42.5 Å². The highest BCUT2D eigenvalue weighted by Gasteiger charge is 2.07. The first-order valence-corrected chi connectivity index (χ1v) is 6.35. The molecule has 0 aliphatic rings. The van der Waals surface area contributed by atoms with Gasteiger partial charge in [0.1, 0.15) is 0 Å². The molecule has 0 saturated carbocycles. The van der Waals surface area contributed by atoms with Gasteiger partial charge in [-0.3, -0.25) is 0 Å². The molecule has 2 aromatic rings. The van der Waals surface area contributed by atoms with Crippen molar-refractivity contribution < 1.29 is 39.6 Å². The average molecular weight is 405 g/mol. The van der Waals surface area contributed by atoms with Crippen LogP contribution in [0.3, 0.4) is 0 Å². The normalized spacial score (nSPS) is 8.62. The fourth-order valence-corrected chi connectivity index (χ4v) is 1.54. The van der Waals surface area contributed by atoms with Crippen molar-refractivity contribution in [1.82, 2.24) is 0 Å². The Morgan fingerprint density at radius 3 is 1.00 bits per heavy atom. The summed E-state index contributed by atoms with van der Waals surface area (Å²) in [5.74, 6) is -4.38. The molecule has 0 heterocycles. The number of hydrogen-bond acceptors (Lipinski definition) is 4. The van der Waals surface area contributed by atoms with Crippen LogP contribution < -0.4 is 0 Å². The van der Waals surface area contributed by atoms with Crippen LogP contribution in [0.25, 0.3) is 0 Å². The first-order valence-electron chi connectivity index (χ1n) is 6.35. The van der Waals surface area contributed by atoms with Crippen LogP contribution >= 0.6 is 24.8 Å². The quantitative estimate of drug-likeness (QED) is 0.607. The third-order valence-electron chi connectivity index (χ3n) is 2.74. The Kier molecular flexibility index (Phi) is 11.1. The van der Waals surface area contributed by atoms with E-state index in [0.717, 1.165) is 6.07 Å². The Bertz CT molecular complexity index is 725. The molecule has 0 atom stereocenters. The first-order chi connectivity index (χ1) is 11.2. The van der Waals surface area contributed by atoms with Crippen molar-refractivity contribution in [1.29, 1.82) is 0 Å². The molecule has 2 rings (SSSR count). The van der Waals surface area contributed by atoms with Gasteiger partial charge < -0.3 is 20.4 Å². The van der Waals surface area contributed by atoms with Gasteiger partial charge in [0.2, 0.25) is 0 Å². The zero-order valence-corrected chi connectivity index (χ0v) is 14.5. The lowest BCUT2D eigenvalue weighted by Gasteiger charge is -1.95. The van der Waals surface area contributed by atoms with Crippen LogP contribution in [0.4, 0.5) is 0 Å². The number of carbonyl (C=O) groups is 4. The smallest absolute Gasteiger partial charge is 0.335 e. The lowest BCUT2D eigenvalue weighted by atomic mass is 10.1. The summed E-state index contributed by atoms with van der Waals surface area (Å²) in [6, 6.07) is 10.2. The molecule has 0 amide bonds. The van der Waals surface area contributed by atoms with Crippen molar-refractivity contribution in [3.05, 3.63) is 70.8 Å². The SMILES string of the molecule is Cl.Cl.O=C(O)c1ccc(C(=O)O)cc1.O=C(O)c1cccc(C(=O)O)c1. The molecule has 140 valence electrons. The molecule has 0 fully saturated rings. The molecule has 10 heteroatoms. The molecule has 0 spiro atoms. The van der Waals surface area contributed by atoms with Crippen molar-refractivity contribution in [3.63, 3.8) is 0 Å². The molecule has 8 nitrogen and oxygen atoms in total. The third-order valence-corrected chi connectivity index (χ3v) is 2.74. The number of halogens is 2. The molecule has 0 bridgehead atoms. The Morgan fingerprint density at radius 2 is 0.769 bits per heavy atom. The van der Waals surface area contributed by atoms with Crippen LogP contribution in [0.5, 0.6) is 0 Å². The van der Waals surface area contributed by atoms with Gasteiger partial charge in [0, 0.05) is 0 Å². The fraction of sp³-hybridized carbons (Fsp3) is 0. The van der Waals surface area contributed by atoms with E-state index in [4.69, 9.17) is 20.4 Å². The Balaban J connectivity index is 0. The maximum absolute atomic E-state index is 10.4. The van der Waals surface area contributed by atoms with Crippen LogP contribution in [0.1, 0.15) is 41.4 Å². The second-order valence-electron chi connectivity index (χ2n) is 4.38. The van der Waals surface area contributed by atoms with E-state index >= 15 is 0 Å². The van der Waals surface area contributed by atoms with Crippen molar-refractivity contribution in [2.24, 2.45) is 0 Å². The van der Waals surface area contributed by atoms with E-state index in [-0.39, 0.29) is 47.1 Å². The highest BCUT2D eigenvalue weighted by molar-refractivity contribution is 5.93. The minimum atomic E-state index is -1.13. The Hall–Kier alpha value is -3.10. The molecule has 0 aliphatic carbocycles.